The highest BCUT2D eigenvalue weighted by atomic mass is 14.9. The molecule has 0 radical (unpaired) electrons. The fraction of sp³-hybridized carbons (Fsp3) is 0. The smallest absolute Gasteiger partial charge is 0.160 e. The number of hydrogen-bond acceptors (Lipinski definition) is 6. The third-order valence-corrected chi connectivity index (χ3v) is 21.4. The van der Waals surface area contributed by atoms with Crippen molar-refractivity contribution < 1.29 is 0 Å². The van der Waals surface area contributed by atoms with Gasteiger partial charge in [0.15, 0.2) is 11.6 Å². The molecule has 0 aliphatic carbocycles. The van der Waals surface area contributed by atoms with Crippen molar-refractivity contribution in [2.75, 3.05) is 0 Å². The highest BCUT2D eigenvalue weighted by molar-refractivity contribution is 6.33. The van der Waals surface area contributed by atoms with Crippen molar-refractivity contribution in [3.8, 4) is 124 Å². The highest BCUT2D eigenvalue weighted by Crippen LogP contribution is 2.44. The van der Waals surface area contributed by atoms with Gasteiger partial charge in [-0.2, -0.15) is 0 Å². The topological polar surface area (TPSA) is 77.3 Å². The minimum atomic E-state index is 0.700. The second-order valence-electron chi connectivity index (χ2n) is 27.9. The van der Waals surface area contributed by atoms with Crippen molar-refractivity contribution in [2.45, 2.75) is 0 Å². The molecular formula is C104H66N6. The molecule has 512 valence electrons. The minimum absolute atomic E-state index is 0.700. The molecule has 4 aromatic heterocycles. The lowest BCUT2D eigenvalue weighted by Crippen LogP contribution is -1.96. The van der Waals surface area contributed by atoms with E-state index in [0.717, 1.165) is 112 Å². The van der Waals surface area contributed by atoms with Crippen molar-refractivity contribution in [1.82, 2.24) is 29.9 Å². The Morgan fingerprint density at radius 1 is 0.127 bits per heavy atom. The fourth-order valence-electron chi connectivity index (χ4n) is 15.9. The Kier molecular flexibility index (Phi) is 16.5. The van der Waals surface area contributed by atoms with Crippen molar-refractivity contribution in [1.29, 1.82) is 0 Å². The largest absolute Gasteiger partial charge is 0.246 e. The average molecular weight is 1400 g/mol. The minimum Gasteiger partial charge on any atom is -0.246 e. The molecule has 0 fully saturated rings. The molecule has 0 saturated carbocycles. The number of aromatic nitrogens is 6. The molecule has 21 aromatic rings. The molecule has 0 N–H and O–H groups in total. The molecule has 0 amide bonds. The second kappa shape index (κ2) is 28.0. The summed E-state index contributed by atoms with van der Waals surface area (Å²) in [5, 5.41) is 16.9. The number of benzene rings is 17. The summed E-state index contributed by atoms with van der Waals surface area (Å²) in [6.45, 7) is 0. The molecule has 0 bridgehead atoms. The molecule has 4 heterocycles. The van der Waals surface area contributed by atoms with Gasteiger partial charge in [-0.3, -0.25) is 0 Å². The SMILES string of the molecule is c1ccc(-c2ccc(-c3cc(-c4ccc(-c5ccc(-c6nc7c8ccccc8c8ccccc8c7c7ccccc67)cc5)cc4)nc(-c4ccccc4)n3)cc2)cc1.c1ccc(-c2ccc(-c3cc(-c4ccc(-c5nc6c7ccccc7c7ccccc7c6c6ccccc56)cc4)nc(-c4ccccc4)n3)cc2)cc1. The summed E-state index contributed by atoms with van der Waals surface area (Å²) in [4.78, 5) is 31.2. The molecule has 0 unspecified atom stereocenters. The van der Waals surface area contributed by atoms with Crippen molar-refractivity contribution in [3.05, 3.63) is 400 Å². The highest BCUT2D eigenvalue weighted by Gasteiger charge is 2.21. The van der Waals surface area contributed by atoms with Gasteiger partial charge < -0.3 is 0 Å². The van der Waals surface area contributed by atoms with Crippen LogP contribution in [0.15, 0.2) is 400 Å². The lowest BCUT2D eigenvalue weighted by atomic mass is 9.92. The first-order chi connectivity index (χ1) is 54.5. The van der Waals surface area contributed by atoms with Crippen LogP contribution in [0.5, 0.6) is 0 Å². The standard InChI is InChI=1S/C55H35N3.C49H31N3/c1-3-13-36(14-4-1)37-23-29-40(30-24-37)50-35-51(57-55(56-50)43-15-5-2-6-16-43)41-31-25-38(26-32-41)39-27-33-42(34-28-39)53-49-22-12-10-20-47(49)52-46-19-9-7-17-44(46)45-18-8-11-21-48(45)54(52)58-53;1-3-13-32(14-4-1)33-23-25-34(26-24-33)44-31-45(51-49(50-44)37-15-5-2-6-16-37)35-27-29-36(30-28-35)47-43-22-12-10-20-41(43)46-40-19-9-7-17-38(40)39-18-8-11-21-42(39)48(46)52-47/h1-35H;1-31H. The number of hydrogen-bond donors (Lipinski definition) is 0. The summed E-state index contributed by atoms with van der Waals surface area (Å²) in [6.07, 6.45) is 0. The Hall–Kier alpha value is -14.7. The maximum absolute atomic E-state index is 5.47. The summed E-state index contributed by atoms with van der Waals surface area (Å²) < 4.78 is 0. The molecule has 0 aliphatic heterocycles. The molecule has 21 rings (SSSR count). The Morgan fingerprint density at radius 2 is 0.318 bits per heavy atom. The molecule has 0 aliphatic rings. The van der Waals surface area contributed by atoms with E-state index in [0.29, 0.717) is 11.6 Å². The molecule has 0 atom stereocenters. The van der Waals surface area contributed by atoms with Crippen LogP contribution in [0, 0.1) is 0 Å². The second-order valence-corrected chi connectivity index (χ2v) is 27.9. The summed E-state index contributed by atoms with van der Waals surface area (Å²) >= 11 is 0. The summed E-state index contributed by atoms with van der Waals surface area (Å²) in [5.41, 5.74) is 22.8. The predicted molar refractivity (Wildman–Crippen MR) is 459 cm³/mol. The Labute approximate surface area is 636 Å². The van der Waals surface area contributed by atoms with Crippen LogP contribution in [0.4, 0.5) is 0 Å². The van der Waals surface area contributed by atoms with Crippen LogP contribution in [0.3, 0.4) is 0 Å². The number of pyridine rings is 2. The predicted octanol–water partition coefficient (Wildman–Crippen LogP) is 27.3. The van der Waals surface area contributed by atoms with Crippen molar-refractivity contribution in [2.24, 2.45) is 0 Å². The van der Waals surface area contributed by atoms with Gasteiger partial charge in [0, 0.05) is 76.8 Å². The molecule has 6 nitrogen and oxygen atoms in total. The lowest BCUT2D eigenvalue weighted by molar-refractivity contribution is 1.18. The summed E-state index contributed by atoms with van der Waals surface area (Å²) in [7, 11) is 0. The monoisotopic (exact) mass is 1400 g/mol. The van der Waals surface area contributed by atoms with Gasteiger partial charge in [0.25, 0.3) is 0 Å². The maximum atomic E-state index is 5.47. The van der Waals surface area contributed by atoms with Crippen LogP contribution in [0.1, 0.15) is 0 Å². The lowest BCUT2D eigenvalue weighted by Gasteiger charge is -2.15. The summed E-state index contributed by atoms with van der Waals surface area (Å²) in [6, 6.07) is 141. The van der Waals surface area contributed by atoms with Crippen LogP contribution in [-0.2, 0) is 0 Å². The van der Waals surface area contributed by atoms with Gasteiger partial charge in [0.2, 0.25) is 0 Å². The van der Waals surface area contributed by atoms with Gasteiger partial charge in [0.05, 0.1) is 45.2 Å². The van der Waals surface area contributed by atoms with E-state index in [1.165, 1.54) is 86.9 Å². The normalized spacial score (nSPS) is 11.5. The third kappa shape index (κ3) is 12.0. The number of nitrogens with zero attached hydrogens (tertiary/aromatic N) is 6. The van der Waals surface area contributed by atoms with E-state index in [4.69, 9.17) is 29.9 Å². The zero-order valence-corrected chi connectivity index (χ0v) is 59.8. The van der Waals surface area contributed by atoms with E-state index in [-0.39, 0.29) is 0 Å². The van der Waals surface area contributed by atoms with Crippen LogP contribution in [0.2, 0.25) is 0 Å². The van der Waals surface area contributed by atoms with E-state index in [1.807, 2.05) is 48.5 Å². The summed E-state index contributed by atoms with van der Waals surface area (Å²) in [5.74, 6) is 1.40. The van der Waals surface area contributed by atoms with Gasteiger partial charge in [-0.05, 0) is 88.6 Å². The molecule has 0 saturated heterocycles. The van der Waals surface area contributed by atoms with Gasteiger partial charge in [-0.25, -0.2) is 29.9 Å². The first-order valence-corrected chi connectivity index (χ1v) is 37.3. The number of fused-ring (bicyclic) bond motifs is 16. The Bertz CT molecular complexity index is 7060. The zero-order valence-electron chi connectivity index (χ0n) is 59.8. The van der Waals surface area contributed by atoms with Gasteiger partial charge in [0.1, 0.15) is 0 Å². The maximum Gasteiger partial charge on any atom is 0.160 e. The Balaban J connectivity index is 0.000000145. The van der Waals surface area contributed by atoms with E-state index in [2.05, 4.69) is 352 Å². The van der Waals surface area contributed by atoms with E-state index in [1.54, 1.807) is 0 Å². The zero-order chi connectivity index (χ0) is 72.9. The van der Waals surface area contributed by atoms with E-state index < -0.39 is 0 Å². The molecule has 6 heteroatoms. The molecule has 17 aromatic carbocycles. The quantitative estimate of drug-likeness (QED) is 0.120. The fourth-order valence-corrected chi connectivity index (χ4v) is 15.9. The first-order valence-electron chi connectivity index (χ1n) is 37.3. The third-order valence-electron chi connectivity index (χ3n) is 21.4. The van der Waals surface area contributed by atoms with E-state index in [9.17, 15) is 0 Å². The van der Waals surface area contributed by atoms with Crippen LogP contribution >= 0.6 is 0 Å². The van der Waals surface area contributed by atoms with Crippen LogP contribution in [-0.4, -0.2) is 29.9 Å². The van der Waals surface area contributed by atoms with Crippen molar-refractivity contribution in [3.63, 3.8) is 0 Å². The van der Waals surface area contributed by atoms with Gasteiger partial charge in [-0.1, -0.05) is 388 Å². The van der Waals surface area contributed by atoms with Crippen molar-refractivity contribution >= 4 is 86.4 Å². The van der Waals surface area contributed by atoms with Crippen LogP contribution < -0.4 is 0 Å². The molecule has 0 spiro atoms. The van der Waals surface area contributed by atoms with E-state index >= 15 is 0 Å². The molecule has 110 heavy (non-hydrogen) atoms. The van der Waals surface area contributed by atoms with Gasteiger partial charge in [-0.15, -0.1) is 0 Å². The van der Waals surface area contributed by atoms with Gasteiger partial charge >= 0.3 is 0 Å². The number of rotatable bonds is 11. The average Bonchev–Trinajstić information content (AvgIpc) is 0.725. The Morgan fingerprint density at radius 3 is 0.600 bits per heavy atom. The van der Waals surface area contributed by atoms with Crippen LogP contribution in [0.25, 0.3) is 210 Å². The first kappa shape index (κ1) is 64.8. The molecular weight excluding hydrogens is 1330 g/mol.